The van der Waals surface area contributed by atoms with Crippen LogP contribution < -0.4 is 0 Å². The third-order valence-electron chi connectivity index (χ3n) is 2.56. The molecule has 0 amide bonds. The fourth-order valence-electron chi connectivity index (χ4n) is 1.64. The highest BCUT2D eigenvalue weighted by molar-refractivity contribution is 9.10. The number of nitrogens with zero attached hydrogens (tertiary/aromatic N) is 2. The fraction of sp³-hybridized carbons (Fsp3) is 0.231. The van der Waals surface area contributed by atoms with Crippen LogP contribution in [0.3, 0.4) is 0 Å². The maximum absolute atomic E-state index is 11.9. The number of hydrogen-bond donors (Lipinski definition) is 0. The summed E-state index contributed by atoms with van der Waals surface area (Å²) in [6.45, 7) is 0.758. The SMILES string of the molecule is O=C(CCCn1cc(Br)cn1)c1ccc(Br)cc1. The molecule has 0 spiro atoms. The molecule has 0 atom stereocenters. The molecule has 0 aliphatic carbocycles. The number of benzene rings is 1. The summed E-state index contributed by atoms with van der Waals surface area (Å²) in [4.78, 5) is 11.9. The van der Waals surface area contributed by atoms with Gasteiger partial charge >= 0.3 is 0 Å². The van der Waals surface area contributed by atoms with Crippen molar-refractivity contribution in [2.75, 3.05) is 0 Å². The van der Waals surface area contributed by atoms with Gasteiger partial charge < -0.3 is 0 Å². The zero-order chi connectivity index (χ0) is 13.0. The first-order chi connectivity index (χ1) is 8.65. The lowest BCUT2D eigenvalue weighted by Crippen LogP contribution is -2.03. The van der Waals surface area contributed by atoms with Crippen LogP contribution in [0.5, 0.6) is 0 Å². The quantitative estimate of drug-likeness (QED) is 0.742. The molecular weight excluding hydrogens is 360 g/mol. The number of Topliss-reactive ketones (excluding diaryl/α,β-unsaturated/α-hetero) is 1. The van der Waals surface area contributed by atoms with Gasteiger partial charge in [-0.05, 0) is 34.5 Å². The van der Waals surface area contributed by atoms with E-state index in [1.165, 1.54) is 0 Å². The Hall–Kier alpha value is -0.940. The highest BCUT2D eigenvalue weighted by Crippen LogP contribution is 2.13. The van der Waals surface area contributed by atoms with E-state index in [1.807, 2.05) is 35.1 Å². The molecule has 2 rings (SSSR count). The van der Waals surface area contributed by atoms with Gasteiger partial charge in [-0.25, -0.2) is 0 Å². The highest BCUT2D eigenvalue weighted by Gasteiger charge is 2.05. The molecule has 1 heterocycles. The summed E-state index contributed by atoms with van der Waals surface area (Å²) in [5, 5.41) is 4.15. The molecule has 0 N–H and O–H groups in total. The van der Waals surface area contributed by atoms with Crippen molar-refractivity contribution < 1.29 is 4.79 Å². The number of aromatic nitrogens is 2. The lowest BCUT2D eigenvalue weighted by molar-refractivity contribution is 0.0978. The van der Waals surface area contributed by atoms with Crippen molar-refractivity contribution in [2.45, 2.75) is 19.4 Å². The number of aryl methyl sites for hydroxylation is 1. The molecule has 3 nitrogen and oxygen atoms in total. The summed E-state index contributed by atoms with van der Waals surface area (Å²) in [7, 11) is 0. The van der Waals surface area contributed by atoms with Gasteiger partial charge in [-0.3, -0.25) is 9.48 Å². The molecule has 0 aliphatic heterocycles. The fourth-order valence-corrected chi connectivity index (χ4v) is 2.23. The van der Waals surface area contributed by atoms with Gasteiger partial charge in [0, 0.05) is 29.2 Å². The van der Waals surface area contributed by atoms with Crippen LogP contribution in [0.25, 0.3) is 0 Å². The number of halogens is 2. The van der Waals surface area contributed by atoms with E-state index in [1.54, 1.807) is 6.20 Å². The van der Waals surface area contributed by atoms with Crippen molar-refractivity contribution >= 4 is 37.6 Å². The van der Waals surface area contributed by atoms with Crippen molar-refractivity contribution in [3.05, 3.63) is 51.2 Å². The molecule has 0 aliphatic rings. The highest BCUT2D eigenvalue weighted by atomic mass is 79.9. The molecule has 0 unspecified atom stereocenters. The predicted octanol–water partition coefficient (Wildman–Crippen LogP) is 4.07. The van der Waals surface area contributed by atoms with Crippen molar-refractivity contribution in [1.29, 1.82) is 0 Å². The van der Waals surface area contributed by atoms with Gasteiger partial charge in [0.05, 0.1) is 10.7 Å². The maximum Gasteiger partial charge on any atom is 0.162 e. The molecule has 1 aromatic carbocycles. The summed E-state index contributed by atoms with van der Waals surface area (Å²) in [6, 6.07) is 7.46. The van der Waals surface area contributed by atoms with Crippen LogP contribution >= 0.6 is 31.9 Å². The minimum absolute atomic E-state index is 0.175. The first-order valence-corrected chi connectivity index (χ1v) is 7.20. The zero-order valence-corrected chi connectivity index (χ0v) is 12.8. The number of hydrogen-bond acceptors (Lipinski definition) is 2. The van der Waals surface area contributed by atoms with Gasteiger partial charge in [-0.1, -0.05) is 28.1 Å². The van der Waals surface area contributed by atoms with E-state index in [-0.39, 0.29) is 5.78 Å². The molecule has 1 aromatic heterocycles. The van der Waals surface area contributed by atoms with Gasteiger partial charge in [0.15, 0.2) is 5.78 Å². The Morgan fingerprint density at radius 1 is 1.17 bits per heavy atom. The summed E-state index contributed by atoms with van der Waals surface area (Å²) >= 11 is 6.69. The van der Waals surface area contributed by atoms with Crippen LogP contribution in [0.2, 0.25) is 0 Å². The number of carbonyl (C=O) groups excluding carboxylic acids is 1. The number of carbonyl (C=O) groups is 1. The van der Waals surface area contributed by atoms with Gasteiger partial charge in [0.2, 0.25) is 0 Å². The zero-order valence-electron chi connectivity index (χ0n) is 9.64. The third-order valence-corrected chi connectivity index (χ3v) is 3.50. The molecule has 18 heavy (non-hydrogen) atoms. The third kappa shape index (κ3) is 3.78. The molecular formula is C13H12Br2N2O. The molecule has 0 fully saturated rings. The second kappa shape index (κ2) is 6.29. The van der Waals surface area contributed by atoms with E-state index in [4.69, 9.17) is 0 Å². The lowest BCUT2D eigenvalue weighted by atomic mass is 10.1. The van der Waals surface area contributed by atoms with Gasteiger partial charge in [-0.15, -0.1) is 0 Å². The maximum atomic E-state index is 11.9. The second-order valence-corrected chi connectivity index (χ2v) is 5.79. The Labute approximate surface area is 122 Å². The van der Waals surface area contributed by atoms with E-state index in [0.717, 1.165) is 27.5 Å². The average Bonchev–Trinajstić information content (AvgIpc) is 2.76. The molecule has 0 bridgehead atoms. The molecule has 0 saturated heterocycles. The molecule has 0 radical (unpaired) electrons. The van der Waals surface area contributed by atoms with Crippen LogP contribution in [-0.4, -0.2) is 15.6 Å². The van der Waals surface area contributed by atoms with Crippen LogP contribution in [0, 0.1) is 0 Å². The second-order valence-electron chi connectivity index (χ2n) is 3.96. The van der Waals surface area contributed by atoms with E-state index in [9.17, 15) is 4.79 Å². The largest absolute Gasteiger partial charge is 0.294 e. The van der Waals surface area contributed by atoms with Gasteiger partial charge in [0.1, 0.15) is 0 Å². The summed E-state index contributed by atoms with van der Waals surface area (Å²) in [5.41, 5.74) is 0.764. The van der Waals surface area contributed by atoms with Crippen molar-refractivity contribution in [1.82, 2.24) is 9.78 Å². The van der Waals surface area contributed by atoms with Crippen molar-refractivity contribution in [3.8, 4) is 0 Å². The van der Waals surface area contributed by atoms with E-state index >= 15 is 0 Å². The van der Waals surface area contributed by atoms with Crippen LogP contribution in [0.4, 0.5) is 0 Å². The van der Waals surface area contributed by atoms with E-state index < -0.39 is 0 Å². The average molecular weight is 372 g/mol. The molecule has 94 valence electrons. The predicted molar refractivity (Wildman–Crippen MR) is 77.6 cm³/mol. The standard InChI is InChI=1S/C13H12Br2N2O/c14-11-5-3-10(4-6-11)13(18)2-1-7-17-9-12(15)8-16-17/h3-6,8-9H,1-2,7H2. The minimum atomic E-state index is 0.175. The Balaban J connectivity index is 1.83. The monoisotopic (exact) mass is 370 g/mol. The van der Waals surface area contributed by atoms with E-state index in [2.05, 4.69) is 37.0 Å². The smallest absolute Gasteiger partial charge is 0.162 e. The summed E-state index contributed by atoms with van der Waals surface area (Å²) in [5.74, 6) is 0.175. The topological polar surface area (TPSA) is 34.9 Å². The van der Waals surface area contributed by atoms with E-state index in [0.29, 0.717) is 6.42 Å². The normalized spacial score (nSPS) is 10.6. The summed E-state index contributed by atoms with van der Waals surface area (Å²) < 4.78 is 3.78. The molecule has 0 saturated carbocycles. The first kappa shape index (κ1) is 13.5. The Bertz CT molecular complexity index is 534. The molecule has 2 aromatic rings. The first-order valence-electron chi connectivity index (χ1n) is 5.62. The lowest BCUT2D eigenvalue weighted by Gasteiger charge is -2.02. The molecule has 5 heteroatoms. The summed E-state index contributed by atoms with van der Waals surface area (Å²) in [6.07, 6.45) is 4.99. The number of ketones is 1. The van der Waals surface area contributed by atoms with Crippen molar-refractivity contribution in [2.24, 2.45) is 0 Å². The van der Waals surface area contributed by atoms with Crippen LogP contribution in [0.1, 0.15) is 23.2 Å². The minimum Gasteiger partial charge on any atom is -0.294 e. The van der Waals surface area contributed by atoms with Gasteiger partial charge in [-0.2, -0.15) is 5.10 Å². The Kier molecular flexibility index (Phi) is 4.72. The van der Waals surface area contributed by atoms with Crippen molar-refractivity contribution in [3.63, 3.8) is 0 Å². The van der Waals surface area contributed by atoms with Gasteiger partial charge in [0.25, 0.3) is 0 Å². The van der Waals surface area contributed by atoms with Crippen LogP contribution in [-0.2, 0) is 6.54 Å². The van der Waals surface area contributed by atoms with Crippen LogP contribution in [0.15, 0.2) is 45.6 Å². The Morgan fingerprint density at radius 2 is 1.89 bits per heavy atom. The Morgan fingerprint density at radius 3 is 2.50 bits per heavy atom. The number of rotatable bonds is 5.